The van der Waals surface area contributed by atoms with E-state index >= 15 is 0 Å². The normalized spacial score (nSPS) is 19.1. The minimum atomic E-state index is 0.234. The van der Waals surface area contributed by atoms with Gasteiger partial charge in [-0.25, -0.2) is 4.98 Å². The molecule has 1 aliphatic rings. The van der Waals surface area contributed by atoms with Crippen molar-refractivity contribution in [1.82, 2.24) is 9.55 Å². The van der Waals surface area contributed by atoms with Crippen molar-refractivity contribution in [2.45, 2.75) is 18.5 Å². The van der Waals surface area contributed by atoms with E-state index in [1.807, 2.05) is 6.07 Å². The van der Waals surface area contributed by atoms with Crippen molar-refractivity contribution in [1.29, 1.82) is 0 Å². The Labute approximate surface area is 160 Å². The maximum atomic E-state index is 4.86. The summed E-state index contributed by atoms with van der Waals surface area (Å²) in [5.74, 6) is 0.944. The fourth-order valence-corrected chi connectivity index (χ4v) is 4.14. The highest BCUT2D eigenvalue weighted by Crippen LogP contribution is 2.41. The van der Waals surface area contributed by atoms with Crippen molar-refractivity contribution in [2.75, 3.05) is 5.32 Å². The summed E-state index contributed by atoms with van der Waals surface area (Å²) in [5.41, 5.74) is 4.82. The summed E-state index contributed by atoms with van der Waals surface area (Å²) in [6.45, 7) is 0. The molecule has 3 nitrogen and oxygen atoms in total. The molecule has 5 rings (SSSR count). The number of nitrogens with zero attached hydrogens (tertiary/aromatic N) is 2. The second-order valence-electron chi connectivity index (χ2n) is 6.70. The molecule has 0 saturated heterocycles. The molecule has 26 heavy (non-hydrogen) atoms. The van der Waals surface area contributed by atoms with Crippen LogP contribution in [-0.4, -0.2) is 9.55 Å². The lowest BCUT2D eigenvalue weighted by Gasteiger charge is -2.33. The third kappa shape index (κ3) is 2.61. The van der Waals surface area contributed by atoms with Crippen molar-refractivity contribution < 1.29 is 0 Å². The zero-order valence-corrected chi connectivity index (χ0v) is 15.7. The van der Waals surface area contributed by atoms with Gasteiger partial charge in [-0.2, -0.15) is 0 Å². The molecular weight excluding hydrogens is 386 g/mol. The molecule has 4 aromatic rings. The zero-order chi connectivity index (χ0) is 17.5. The number of benzene rings is 3. The second-order valence-corrected chi connectivity index (χ2v) is 7.62. The van der Waals surface area contributed by atoms with Crippen LogP contribution < -0.4 is 5.32 Å². The van der Waals surface area contributed by atoms with Crippen LogP contribution in [-0.2, 0) is 0 Å². The van der Waals surface area contributed by atoms with Gasteiger partial charge < -0.3 is 9.88 Å². The van der Waals surface area contributed by atoms with Gasteiger partial charge in [0.2, 0.25) is 5.95 Å². The van der Waals surface area contributed by atoms with Gasteiger partial charge in [-0.1, -0.05) is 70.5 Å². The molecule has 1 aromatic heterocycles. The molecule has 0 amide bonds. The van der Waals surface area contributed by atoms with E-state index in [0.717, 1.165) is 22.4 Å². The highest BCUT2D eigenvalue weighted by atomic mass is 79.9. The Kier molecular flexibility index (Phi) is 3.79. The predicted octanol–water partition coefficient (Wildman–Crippen LogP) is 5.95. The van der Waals surface area contributed by atoms with Crippen LogP contribution in [0.3, 0.4) is 0 Å². The van der Waals surface area contributed by atoms with Gasteiger partial charge in [0.05, 0.1) is 23.1 Å². The Hall–Kier alpha value is -2.59. The Morgan fingerprint density at radius 2 is 1.58 bits per heavy atom. The fraction of sp³-hybridized carbons (Fsp3) is 0.136. The van der Waals surface area contributed by atoms with E-state index in [0.29, 0.717) is 0 Å². The minimum Gasteiger partial charge on any atom is -0.349 e. The third-order valence-corrected chi connectivity index (χ3v) is 5.66. The molecule has 2 heterocycles. The van der Waals surface area contributed by atoms with E-state index in [-0.39, 0.29) is 12.1 Å². The first kappa shape index (κ1) is 15.6. The summed E-state index contributed by atoms with van der Waals surface area (Å²) in [5, 5.41) is 3.66. The Morgan fingerprint density at radius 1 is 0.846 bits per heavy atom. The van der Waals surface area contributed by atoms with E-state index in [1.54, 1.807) is 0 Å². The van der Waals surface area contributed by atoms with Crippen molar-refractivity contribution in [2.24, 2.45) is 0 Å². The summed E-state index contributed by atoms with van der Waals surface area (Å²) in [4.78, 5) is 4.86. The molecular formula is C22H18BrN3. The van der Waals surface area contributed by atoms with Crippen LogP contribution in [0.15, 0.2) is 83.3 Å². The van der Waals surface area contributed by atoms with Gasteiger partial charge in [0, 0.05) is 4.47 Å². The summed E-state index contributed by atoms with van der Waals surface area (Å²) < 4.78 is 3.45. The molecule has 2 atom stereocenters. The largest absolute Gasteiger partial charge is 0.349 e. The molecule has 0 aliphatic carbocycles. The van der Waals surface area contributed by atoms with Gasteiger partial charge in [0.15, 0.2) is 0 Å². The number of fused-ring (bicyclic) bond motifs is 3. The lowest BCUT2D eigenvalue weighted by atomic mass is 9.93. The summed E-state index contributed by atoms with van der Waals surface area (Å²) in [6.07, 6.45) is 0.985. The molecule has 0 saturated carbocycles. The predicted molar refractivity (Wildman–Crippen MR) is 109 cm³/mol. The molecule has 0 radical (unpaired) electrons. The van der Waals surface area contributed by atoms with Gasteiger partial charge in [-0.15, -0.1) is 0 Å². The lowest BCUT2D eigenvalue weighted by molar-refractivity contribution is 0.477. The van der Waals surface area contributed by atoms with Crippen LogP contribution >= 0.6 is 15.9 Å². The van der Waals surface area contributed by atoms with E-state index < -0.39 is 0 Å². The molecule has 0 bridgehead atoms. The average Bonchev–Trinajstić information content (AvgIpc) is 3.07. The summed E-state index contributed by atoms with van der Waals surface area (Å²) in [7, 11) is 0. The Morgan fingerprint density at radius 3 is 2.38 bits per heavy atom. The highest BCUT2D eigenvalue weighted by molar-refractivity contribution is 9.10. The van der Waals surface area contributed by atoms with Crippen molar-refractivity contribution in [3.63, 3.8) is 0 Å². The fourth-order valence-electron chi connectivity index (χ4n) is 3.88. The number of imidazole rings is 1. The number of hydrogen-bond donors (Lipinski definition) is 1. The summed E-state index contributed by atoms with van der Waals surface area (Å²) in [6, 6.07) is 28.2. The SMILES string of the molecule is Brc1ccc([C@H]2C[C@@H](c3ccccc3)n3c(nc4ccccc43)N2)cc1. The molecule has 4 heteroatoms. The first-order valence-electron chi connectivity index (χ1n) is 8.83. The number of rotatable bonds is 2. The molecule has 0 spiro atoms. The van der Waals surface area contributed by atoms with Crippen molar-refractivity contribution in [3.8, 4) is 0 Å². The van der Waals surface area contributed by atoms with E-state index in [2.05, 4.69) is 98.6 Å². The van der Waals surface area contributed by atoms with Crippen molar-refractivity contribution >= 4 is 32.9 Å². The zero-order valence-electron chi connectivity index (χ0n) is 14.1. The topological polar surface area (TPSA) is 29.9 Å². The van der Waals surface area contributed by atoms with E-state index in [9.17, 15) is 0 Å². The van der Waals surface area contributed by atoms with Gasteiger partial charge in [0.25, 0.3) is 0 Å². The molecule has 0 fully saturated rings. The number of aromatic nitrogens is 2. The van der Waals surface area contributed by atoms with Gasteiger partial charge in [-0.3, -0.25) is 0 Å². The van der Waals surface area contributed by atoms with E-state index in [4.69, 9.17) is 4.98 Å². The van der Waals surface area contributed by atoms with Crippen LogP contribution in [0.25, 0.3) is 11.0 Å². The standard InChI is InChI=1S/C22H18BrN3/c23-17-12-10-15(11-13-17)19-14-21(16-6-2-1-3-7-16)26-20-9-5-4-8-18(20)24-22(26)25-19/h1-13,19,21H,14H2,(H,24,25)/t19-,21+/m1/s1. The summed E-state index contributed by atoms with van der Waals surface area (Å²) >= 11 is 3.53. The van der Waals surface area contributed by atoms with Crippen LogP contribution in [0, 0.1) is 0 Å². The number of para-hydroxylation sites is 2. The molecule has 1 aliphatic heterocycles. The maximum absolute atomic E-state index is 4.86. The maximum Gasteiger partial charge on any atom is 0.204 e. The van der Waals surface area contributed by atoms with Crippen LogP contribution in [0.4, 0.5) is 5.95 Å². The monoisotopic (exact) mass is 403 g/mol. The Balaban J connectivity index is 1.66. The smallest absolute Gasteiger partial charge is 0.204 e. The van der Waals surface area contributed by atoms with Crippen molar-refractivity contribution in [3.05, 3.63) is 94.5 Å². The first-order chi connectivity index (χ1) is 12.8. The highest BCUT2D eigenvalue weighted by Gasteiger charge is 2.30. The average molecular weight is 404 g/mol. The number of hydrogen-bond acceptors (Lipinski definition) is 2. The second kappa shape index (κ2) is 6.29. The quantitative estimate of drug-likeness (QED) is 0.448. The first-order valence-corrected chi connectivity index (χ1v) is 9.63. The van der Waals surface area contributed by atoms with Gasteiger partial charge >= 0.3 is 0 Å². The number of anilines is 1. The van der Waals surface area contributed by atoms with Gasteiger partial charge in [0.1, 0.15) is 0 Å². The van der Waals surface area contributed by atoms with Crippen LogP contribution in [0.2, 0.25) is 0 Å². The number of nitrogens with one attached hydrogen (secondary N) is 1. The molecule has 1 N–H and O–H groups in total. The molecule has 0 unspecified atom stereocenters. The Bertz CT molecular complexity index is 1050. The van der Waals surface area contributed by atoms with Gasteiger partial charge in [-0.05, 0) is 41.8 Å². The molecule has 128 valence electrons. The van der Waals surface area contributed by atoms with E-state index in [1.165, 1.54) is 16.6 Å². The molecule has 3 aromatic carbocycles. The lowest BCUT2D eigenvalue weighted by Crippen LogP contribution is -2.27. The third-order valence-electron chi connectivity index (χ3n) is 5.13. The number of halogens is 1. The van der Waals surface area contributed by atoms with Crippen LogP contribution in [0.5, 0.6) is 0 Å². The van der Waals surface area contributed by atoms with Crippen LogP contribution in [0.1, 0.15) is 29.6 Å². The minimum absolute atomic E-state index is 0.234.